The molecular formula is C13H16N2O2S. The summed E-state index contributed by atoms with van der Waals surface area (Å²) in [5.41, 5.74) is 1.56. The molecular weight excluding hydrogens is 248 g/mol. The lowest BCUT2D eigenvalue weighted by molar-refractivity contribution is 0.0956. The molecule has 1 amide bonds. The lowest BCUT2D eigenvalue weighted by Crippen LogP contribution is -2.32. The second-order valence-electron chi connectivity index (χ2n) is 4.27. The van der Waals surface area contributed by atoms with Gasteiger partial charge in [-0.1, -0.05) is 18.2 Å². The quantitative estimate of drug-likeness (QED) is 0.882. The molecule has 4 nitrogen and oxygen atoms in total. The smallest absolute Gasteiger partial charge is 0.253 e. The van der Waals surface area contributed by atoms with E-state index in [9.17, 15) is 9.00 Å². The molecule has 18 heavy (non-hydrogen) atoms. The van der Waals surface area contributed by atoms with E-state index in [0.717, 1.165) is 10.9 Å². The zero-order chi connectivity index (χ0) is 13.1. The van der Waals surface area contributed by atoms with E-state index in [1.807, 2.05) is 31.2 Å². The molecule has 0 saturated heterocycles. The molecule has 0 aliphatic rings. The van der Waals surface area contributed by atoms with Crippen molar-refractivity contribution in [1.82, 2.24) is 10.3 Å². The molecule has 2 N–H and O–H groups in total. The molecule has 0 radical (unpaired) electrons. The zero-order valence-corrected chi connectivity index (χ0v) is 11.2. The van der Waals surface area contributed by atoms with E-state index in [2.05, 4.69) is 10.3 Å². The average molecular weight is 264 g/mol. The van der Waals surface area contributed by atoms with E-state index in [4.69, 9.17) is 0 Å². The summed E-state index contributed by atoms with van der Waals surface area (Å²) in [5, 5.41) is 3.67. The maximum Gasteiger partial charge on any atom is 0.253 e. The van der Waals surface area contributed by atoms with Crippen molar-refractivity contribution in [2.24, 2.45) is 0 Å². The van der Waals surface area contributed by atoms with Crippen LogP contribution in [-0.4, -0.2) is 33.2 Å². The molecule has 2 atom stereocenters. The monoisotopic (exact) mass is 264 g/mol. The lowest BCUT2D eigenvalue weighted by Gasteiger charge is -2.09. The third-order valence-corrected chi connectivity index (χ3v) is 4.25. The fourth-order valence-electron chi connectivity index (χ4n) is 1.71. The maximum absolute atomic E-state index is 12.0. The van der Waals surface area contributed by atoms with E-state index in [-0.39, 0.29) is 11.2 Å². The Morgan fingerprint density at radius 1 is 1.44 bits per heavy atom. The van der Waals surface area contributed by atoms with E-state index >= 15 is 0 Å². The molecule has 96 valence electrons. The van der Waals surface area contributed by atoms with Crippen LogP contribution < -0.4 is 5.32 Å². The number of aromatic amines is 1. The first-order valence-electron chi connectivity index (χ1n) is 5.76. The molecule has 0 saturated carbocycles. The van der Waals surface area contributed by atoms with Crippen molar-refractivity contribution in [3.8, 4) is 0 Å². The number of carbonyl (C=O) groups is 1. The SMILES string of the molecule is CC(CNC(=O)c1c[nH]c2ccccc12)S(C)=O. The first kappa shape index (κ1) is 12.8. The standard InChI is InChI=1S/C13H16N2O2S/c1-9(18(2)17)7-15-13(16)11-8-14-12-6-4-3-5-10(11)12/h3-6,8-9,14H,7H2,1-2H3,(H,15,16). The second kappa shape index (κ2) is 5.35. The summed E-state index contributed by atoms with van der Waals surface area (Å²) in [6.07, 6.45) is 3.34. The van der Waals surface area contributed by atoms with Gasteiger partial charge in [0.1, 0.15) is 0 Å². The van der Waals surface area contributed by atoms with E-state index in [0.29, 0.717) is 12.1 Å². The maximum atomic E-state index is 12.0. The zero-order valence-electron chi connectivity index (χ0n) is 10.4. The van der Waals surface area contributed by atoms with Gasteiger partial charge in [0, 0.05) is 45.9 Å². The average Bonchev–Trinajstić information content (AvgIpc) is 2.79. The summed E-state index contributed by atoms with van der Waals surface area (Å²) in [6, 6.07) is 7.65. The molecule has 1 aromatic carbocycles. The van der Waals surface area contributed by atoms with Gasteiger partial charge in [-0.15, -0.1) is 0 Å². The van der Waals surface area contributed by atoms with Crippen LogP contribution in [0.2, 0.25) is 0 Å². The van der Waals surface area contributed by atoms with Gasteiger partial charge >= 0.3 is 0 Å². The highest BCUT2D eigenvalue weighted by atomic mass is 32.2. The fraction of sp³-hybridized carbons (Fsp3) is 0.308. The predicted octanol–water partition coefficient (Wildman–Crippen LogP) is 1.66. The van der Waals surface area contributed by atoms with Crippen molar-refractivity contribution in [3.63, 3.8) is 0 Å². The van der Waals surface area contributed by atoms with Crippen LogP contribution in [0, 0.1) is 0 Å². The molecule has 0 aliphatic carbocycles. The minimum Gasteiger partial charge on any atom is -0.360 e. The van der Waals surface area contributed by atoms with Gasteiger partial charge in [-0.25, -0.2) is 0 Å². The van der Waals surface area contributed by atoms with Crippen LogP contribution in [0.15, 0.2) is 30.5 Å². The fourth-order valence-corrected chi connectivity index (χ4v) is 2.03. The molecule has 0 aliphatic heterocycles. The number of benzene rings is 1. The number of H-pyrrole nitrogens is 1. The highest BCUT2D eigenvalue weighted by molar-refractivity contribution is 7.84. The van der Waals surface area contributed by atoms with Crippen molar-refractivity contribution >= 4 is 27.6 Å². The van der Waals surface area contributed by atoms with Crippen LogP contribution in [0.5, 0.6) is 0 Å². The number of hydrogen-bond donors (Lipinski definition) is 2. The number of aromatic nitrogens is 1. The second-order valence-corrected chi connectivity index (χ2v) is 6.07. The van der Waals surface area contributed by atoms with Crippen LogP contribution in [0.1, 0.15) is 17.3 Å². The first-order valence-corrected chi connectivity index (χ1v) is 7.38. The molecule has 2 unspecified atom stereocenters. The van der Waals surface area contributed by atoms with E-state index < -0.39 is 10.8 Å². The van der Waals surface area contributed by atoms with Crippen LogP contribution in [0.4, 0.5) is 0 Å². The first-order chi connectivity index (χ1) is 8.59. The Morgan fingerprint density at radius 3 is 2.89 bits per heavy atom. The van der Waals surface area contributed by atoms with Crippen molar-refractivity contribution in [2.75, 3.05) is 12.8 Å². The predicted molar refractivity (Wildman–Crippen MR) is 74.2 cm³/mol. The van der Waals surface area contributed by atoms with Crippen molar-refractivity contribution in [3.05, 3.63) is 36.0 Å². The van der Waals surface area contributed by atoms with Gasteiger partial charge in [-0.05, 0) is 13.0 Å². The van der Waals surface area contributed by atoms with Crippen LogP contribution >= 0.6 is 0 Å². The van der Waals surface area contributed by atoms with Gasteiger partial charge in [0.05, 0.1) is 5.56 Å². The van der Waals surface area contributed by atoms with Crippen molar-refractivity contribution < 1.29 is 9.00 Å². The largest absolute Gasteiger partial charge is 0.360 e. The van der Waals surface area contributed by atoms with Gasteiger partial charge in [-0.2, -0.15) is 0 Å². The summed E-state index contributed by atoms with van der Waals surface area (Å²) in [4.78, 5) is 15.1. The van der Waals surface area contributed by atoms with Crippen LogP contribution in [0.25, 0.3) is 10.9 Å². The number of para-hydroxylation sites is 1. The number of hydrogen-bond acceptors (Lipinski definition) is 2. The topological polar surface area (TPSA) is 62.0 Å². The number of amides is 1. The Bertz CT molecular complexity index is 591. The normalized spacial score (nSPS) is 14.3. The molecule has 0 bridgehead atoms. The summed E-state index contributed by atoms with van der Waals surface area (Å²) in [5.74, 6) is -0.134. The summed E-state index contributed by atoms with van der Waals surface area (Å²) in [6.45, 7) is 2.27. The minimum absolute atomic E-state index is 0.0424. The Labute approximate surface area is 108 Å². The molecule has 0 fully saturated rings. The Kier molecular flexibility index (Phi) is 3.81. The summed E-state index contributed by atoms with van der Waals surface area (Å²) in [7, 11) is -0.923. The third-order valence-electron chi connectivity index (χ3n) is 2.95. The van der Waals surface area contributed by atoms with Gasteiger partial charge in [0.25, 0.3) is 5.91 Å². The number of carbonyl (C=O) groups excluding carboxylic acids is 1. The number of nitrogens with one attached hydrogen (secondary N) is 2. The number of rotatable bonds is 4. The molecule has 2 aromatic rings. The van der Waals surface area contributed by atoms with Gasteiger partial charge < -0.3 is 10.3 Å². The van der Waals surface area contributed by atoms with Gasteiger partial charge in [0.15, 0.2) is 0 Å². The summed E-state index contributed by atoms with van der Waals surface area (Å²) < 4.78 is 11.2. The van der Waals surface area contributed by atoms with Crippen molar-refractivity contribution in [2.45, 2.75) is 12.2 Å². The third kappa shape index (κ3) is 2.61. The Hall–Kier alpha value is -1.62. The van der Waals surface area contributed by atoms with E-state index in [1.54, 1.807) is 12.5 Å². The Morgan fingerprint density at radius 2 is 2.17 bits per heavy atom. The molecule has 0 spiro atoms. The van der Waals surface area contributed by atoms with Gasteiger partial charge in [0.2, 0.25) is 0 Å². The minimum atomic E-state index is -0.923. The molecule has 1 heterocycles. The van der Waals surface area contributed by atoms with Gasteiger partial charge in [-0.3, -0.25) is 9.00 Å². The van der Waals surface area contributed by atoms with E-state index in [1.165, 1.54) is 0 Å². The lowest BCUT2D eigenvalue weighted by atomic mass is 10.1. The number of fused-ring (bicyclic) bond motifs is 1. The molecule has 1 aromatic heterocycles. The highest BCUT2D eigenvalue weighted by Gasteiger charge is 2.13. The highest BCUT2D eigenvalue weighted by Crippen LogP contribution is 2.17. The Balaban J connectivity index is 2.12. The van der Waals surface area contributed by atoms with Crippen LogP contribution in [-0.2, 0) is 10.8 Å². The van der Waals surface area contributed by atoms with Crippen LogP contribution in [0.3, 0.4) is 0 Å². The summed E-state index contributed by atoms with van der Waals surface area (Å²) >= 11 is 0. The van der Waals surface area contributed by atoms with Crippen molar-refractivity contribution in [1.29, 1.82) is 0 Å². The molecule has 5 heteroatoms. The molecule has 2 rings (SSSR count).